The number of hydrogen-bond donors (Lipinski definition) is 1. The molecule has 0 aliphatic heterocycles. The van der Waals surface area contributed by atoms with Gasteiger partial charge >= 0.3 is 12.3 Å². The van der Waals surface area contributed by atoms with Crippen LogP contribution in [-0.2, 0) is 26.4 Å². The summed E-state index contributed by atoms with van der Waals surface area (Å²) in [6, 6.07) is 2.52. The van der Waals surface area contributed by atoms with E-state index in [2.05, 4.69) is 19.4 Å². The van der Waals surface area contributed by atoms with Crippen molar-refractivity contribution in [2.24, 2.45) is 0 Å². The fourth-order valence-corrected chi connectivity index (χ4v) is 3.82. The molecule has 13 heteroatoms. The highest BCUT2D eigenvalue weighted by Crippen LogP contribution is 2.39. The summed E-state index contributed by atoms with van der Waals surface area (Å²) >= 11 is 4.33. The van der Waals surface area contributed by atoms with Gasteiger partial charge in [0.1, 0.15) is 16.0 Å². The first-order chi connectivity index (χ1) is 14.7. The standard InChI is InChI=1S/C19H20ClF4N3O4S/c1-17(2,3)32(29)27-18(10-14(28)30-4,15-16(20)26-8-7-25-15)11-5-6-13(12(21)9-11)31-19(22,23)24/h5-9,27H,10H2,1-4H3/t18-,32?/m0/s1. The number of halogens is 5. The van der Waals surface area contributed by atoms with Crippen LogP contribution in [0.3, 0.4) is 0 Å². The van der Waals surface area contributed by atoms with Crippen molar-refractivity contribution in [2.75, 3.05) is 7.11 Å². The molecule has 0 fully saturated rings. The van der Waals surface area contributed by atoms with Crippen molar-refractivity contribution in [1.29, 1.82) is 0 Å². The first-order valence-electron chi connectivity index (χ1n) is 8.99. The van der Waals surface area contributed by atoms with Crippen LogP contribution < -0.4 is 9.46 Å². The molecule has 2 aromatic rings. The topological polar surface area (TPSA) is 96.4 Å². The third-order valence-electron chi connectivity index (χ3n) is 4.17. The Morgan fingerprint density at radius 3 is 2.34 bits per heavy atom. The average Bonchev–Trinajstić information content (AvgIpc) is 2.67. The highest BCUT2D eigenvalue weighted by Gasteiger charge is 2.47. The minimum absolute atomic E-state index is 0.102. The van der Waals surface area contributed by atoms with Gasteiger partial charge in [-0.15, -0.1) is 17.9 Å². The Morgan fingerprint density at radius 2 is 1.84 bits per heavy atom. The maximum absolute atomic E-state index is 14.6. The molecule has 1 aromatic carbocycles. The molecule has 32 heavy (non-hydrogen) atoms. The smallest absolute Gasteiger partial charge is 0.573 e. The van der Waals surface area contributed by atoms with E-state index in [9.17, 15) is 26.9 Å². The lowest BCUT2D eigenvalue weighted by molar-refractivity contribution is -0.275. The number of ether oxygens (including phenoxy) is 2. The van der Waals surface area contributed by atoms with Gasteiger partial charge in [0.15, 0.2) is 16.7 Å². The van der Waals surface area contributed by atoms with Gasteiger partial charge < -0.3 is 14.0 Å². The molecule has 0 aliphatic rings. The van der Waals surface area contributed by atoms with Crippen molar-refractivity contribution in [3.63, 3.8) is 0 Å². The molecule has 1 heterocycles. The molecule has 7 nitrogen and oxygen atoms in total. The second-order valence-corrected chi connectivity index (χ2v) is 9.85. The molecule has 2 atom stereocenters. The number of nitrogens with one attached hydrogen (secondary N) is 1. The molecule has 1 aromatic heterocycles. The lowest BCUT2D eigenvalue weighted by Gasteiger charge is -2.37. The number of esters is 1. The molecule has 0 spiro atoms. The van der Waals surface area contributed by atoms with Gasteiger partial charge in [0.25, 0.3) is 0 Å². The minimum atomic E-state index is -5.12. The van der Waals surface area contributed by atoms with Gasteiger partial charge in [-0.3, -0.25) is 9.78 Å². The number of alkyl halides is 3. The number of hydrogen-bond acceptors (Lipinski definition) is 7. The predicted molar refractivity (Wildman–Crippen MR) is 109 cm³/mol. The van der Waals surface area contributed by atoms with Crippen LogP contribution in [0.15, 0.2) is 30.6 Å². The maximum Gasteiger partial charge on any atom is 0.573 e. The molecule has 2 rings (SSSR count). The molecule has 0 bridgehead atoms. The number of benzene rings is 1. The van der Waals surface area contributed by atoms with Gasteiger partial charge in [-0.25, -0.2) is 9.37 Å². The van der Waals surface area contributed by atoms with Crippen molar-refractivity contribution < 1.29 is 36.4 Å². The van der Waals surface area contributed by atoms with E-state index in [0.717, 1.165) is 19.2 Å². The van der Waals surface area contributed by atoms with Gasteiger partial charge in [0.05, 0.1) is 13.5 Å². The zero-order chi connectivity index (χ0) is 24.3. The Kier molecular flexibility index (Phi) is 7.97. The van der Waals surface area contributed by atoms with Gasteiger partial charge in [-0.05, 0) is 38.5 Å². The number of nitrogens with zero attached hydrogens (tertiary/aromatic N) is 2. The maximum atomic E-state index is 14.6. The highest BCUT2D eigenvalue weighted by atomic mass is 35.5. The van der Waals surface area contributed by atoms with E-state index in [1.54, 1.807) is 20.8 Å². The second-order valence-electron chi connectivity index (χ2n) is 7.53. The van der Waals surface area contributed by atoms with Crippen molar-refractivity contribution in [3.8, 4) is 5.75 Å². The fourth-order valence-electron chi connectivity index (χ4n) is 2.65. The normalized spacial score (nSPS) is 15.1. The van der Waals surface area contributed by atoms with E-state index >= 15 is 0 Å². The largest absolute Gasteiger partial charge is 0.598 e. The van der Waals surface area contributed by atoms with Crippen molar-refractivity contribution in [1.82, 2.24) is 14.7 Å². The van der Waals surface area contributed by atoms with Crippen LogP contribution >= 0.6 is 11.6 Å². The van der Waals surface area contributed by atoms with Crippen molar-refractivity contribution >= 4 is 28.9 Å². The third-order valence-corrected chi connectivity index (χ3v) is 6.09. The van der Waals surface area contributed by atoms with Gasteiger partial charge in [0.2, 0.25) is 0 Å². The monoisotopic (exact) mass is 497 g/mol. The number of carbonyl (C=O) groups is 1. The first-order valence-corrected chi connectivity index (χ1v) is 10.5. The van der Waals surface area contributed by atoms with E-state index in [4.69, 9.17) is 16.3 Å². The average molecular weight is 498 g/mol. The van der Waals surface area contributed by atoms with Gasteiger partial charge in [-0.2, -0.15) is 0 Å². The molecular weight excluding hydrogens is 478 g/mol. The van der Waals surface area contributed by atoms with Crippen LogP contribution in [0.4, 0.5) is 17.6 Å². The van der Waals surface area contributed by atoms with Gasteiger partial charge in [-0.1, -0.05) is 17.7 Å². The Labute approximate surface area is 189 Å². The highest BCUT2D eigenvalue weighted by molar-refractivity contribution is 7.90. The Balaban J connectivity index is 2.77. The lowest BCUT2D eigenvalue weighted by atomic mass is 9.84. The van der Waals surface area contributed by atoms with E-state index in [1.807, 2.05) is 0 Å². The number of aromatic nitrogens is 2. The SMILES string of the molecule is COC(=O)C[C@](N[S+]([O-])C(C)(C)C)(c1ccc(OC(F)(F)F)c(F)c1)c1nccnc1Cl. The molecule has 176 valence electrons. The first kappa shape index (κ1) is 26.1. The Bertz CT molecular complexity index is 974. The zero-order valence-electron chi connectivity index (χ0n) is 17.4. The third kappa shape index (κ3) is 6.21. The lowest BCUT2D eigenvalue weighted by Crippen LogP contribution is -2.53. The van der Waals surface area contributed by atoms with Gasteiger partial charge in [0, 0.05) is 23.8 Å². The van der Waals surface area contributed by atoms with Crippen LogP contribution in [0.5, 0.6) is 5.75 Å². The summed E-state index contributed by atoms with van der Waals surface area (Å²) in [6.07, 6.45) is -3.20. The van der Waals surface area contributed by atoms with Crippen LogP contribution in [0.25, 0.3) is 0 Å². The second kappa shape index (κ2) is 9.77. The number of methoxy groups -OCH3 is 1. The predicted octanol–water partition coefficient (Wildman–Crippen LogP) is 4.03. The van der Waals surface area contributed by atoms with Crippen LogP contribution in [0.1, 0.15) is 38.4 Å². The van der Waals surface area contributed by atoms with E-state index < -0.39 is 52.0 Å². The summed E-state index contributed by atoms with van der Waals surface area (Å²) in [4.78, 5) is 20.4. The zero-order valence-corrected chi connectivity index (χ0v) is 19.0. The molecule has 0 amide bonds. The van der Waals surface area contributed by atoms with E-state index in [1.165, 1.54) is 12.4 Å². The molecule has 1 unspecified atom stereocenters. The molecular formula is C19H20ClF4N3O4S. The van der Waals surface area contributed by atoms with Crippen molar-refractivity contribution in [2.45, 2.75) is 43.8 Å². The summed E-state index contributed by atoms with van der Waals surface area (Å²) in [6.45, 7) is 4.91. The van der Waals surface area contributed by atoms with Crippen LogP contribution in [-0.4, -0.2) is 38.7 Å². The van der Waals surface area contributed by atoms with E-state index in [-0.39, 0.29) is 16.4 Å². The Morgan fingerprint density at radius 1 is 1.22 bits per heavy atom. The summed E-state index contributed by atoms with van der Waals surface area (Å²) in [5.41, 5.74) is -2.07. The van der Waals surface area contributed by atoms with Crippen LogP contribution in [0.2, 0.25) is 5.15 Å². The minimum Gasteiger partial charge on any atom is -0.598 e. The number of carbonyl (C=O) groups excluding carboxylic acids is 1. The molecule has 1 N–H and O–H groups in total. The molecule has 0 aliphatic carbocycles. The summed E-state index contributed by atoms with van der Waals surface area (Å²) in [7, 11) is 1.10. The van der Waals surface area contributed by atoms with E-state index in [0.29, 0.717) is 6.07 Å². The van der Waals surface area contributed by atoms with Crippen LogP contribution in [0, 0.1) is 5.82 Å². The number of rotatable bonds is 7. The quantitative estimate of drug-likeness (QED) is 0.350. The molecule has 0 radical (unpaired) electrons. The summed E-state index contributed by atoms with van der Waals surface area (Å²) in [5, 5.41) is -0.203. The summed E-state index contributed by atoms with van der Waals surface area (Å²) < 4.78 is 75.6. The molecule has 0 saturated carbocycles. The summed E-state index contributed by atoms with van der Waals surface area (Å²) in [5.74, 6) is -3.28. The Hall–Kier alpha value is -2.15. The fraction of sp³-hybridized carbons (Fsp3) is 0.421. The van der Waals surface area contributed by atoms with Crippen molar-refractivity contribution in [3.05, 3.63) is 52.8 Å². The molecule has 0 saturated heterocycles.